The van der Waals surface area contributed by atoms with Gasteiger partial charge in [0.25, 0.3) is 0 Å². The highest BCUT2D eigenvalue weighted by Gasteiger charge is 2.32. The first-order valence-corrected chi connectivity index (χ1v) is 7.24. The minimum Gasteiger partial charge on any atom is -0.388 e. The molecular formula is C13H20BrN3O. The molecule has 2 rings (SSSR count). The van der Waals surface area contributed by atoms with Crippen molar-refractivity contribution in [2.75, 3.05) is 11.9 Å². The van der Waals surface area contributed by atoms with Gasteiger partial charge in [0.2, 0.25) is 0 Å². The number of nitrogens with one attached hydrogen (secondary N) is 1. The number of hydrogen-bond donors (Lipinski definition) is 2. The van der Waals surface area contributed by atoms with Crippen LogP contribution in [0.15, 0.2) is 10.7 Å². The molecule has 2 atom stereocenters. The van der Waals surface area contributed by atoms with Crippen LogP contribution in [0.2, 0.25) is 0 Å². The fourth-order valence-corrected chi connectivity index (χ4v) is 3.14. The SMILES string of the molecule is Cc1nc(Br)cc(NCC2(O)CCCC(C)C2)n1. The Morgan fingerprint density at radius 2 is 2.33 bits per heavy atom. The minimum absolute atomic E-state index is 0.556. The number of nitrogens with zero attached hydrogens (tertiary/aromatic N) is 2. The van der Waals surface area contributed by atoms with Crippen LogP contribution >= 0.6 is 15.9 Å². The predicted molar refractivity (Wildman–Crippen MR) is 75.5 cm³/mol. The number of aliphatic hydroxyl groups is 1. The van der Waals surface area contributed by atoms with Crippen LogP contribution in [0.4, 0.5) is 5.82 Å². The minimum atomic E-state index is -0.594. The largest absolute Gasteiger partial charge is 0.388 e. The Morgan fingerprint density at radius 1 is 1.56 bits per heavy atom. The molecule has 2 N–H and O–H groups in total. The third-order valence-electron chi connectivity index (χ3n) is 3.47. The van der Waals surface area contributed by atoms with Crippen LogP contribution < -0.4 is 5.32 Å². The summed E-state index contributed by atoms with van der Waals surface area (Å²) in [6, 6.07) is 1.84. The number of rotatable bonds is 3. The van der Waals surface area contributed by atoms with Crippen molar-refractivity contribution in [2.24, 2.45) is 5.92 Å². The average Bonchev–Trinajstić information content (AvgIpc) is 2.25. The molecule has 0 bridgehead atoms. The Balaban J connectivity index is 1.98. The summed E-state index contributed by atoms with van der Waals surface area (Å²) in [7, 11) is 0. The zero-order valence-electron chi connectivity index (χ0n) is 10.9. The number of hydrogen-bond acceptors (Lipinski definition) is 4. The number of halogens is 1. The number of anilines is 1. The van der Waals surface area contributed by atoms with Crippen molar-refractivity contribution < 1.29 is 5.11 Å². The lowest BCUT2D eigenvalue weighted by Crippen LogP contribution is -2.41. The van der Waals surface area contributed by atoms with Crippen LogP contribution in [0.3, 0.4) is 0 Å². The smallest absolute Gasteiger partial charge is 0.130 e. The fourth-order valence-electron chi connectivity index (χ4n) is 2.67. The summed E-state index contributed by atoms with van der Waals surface area (Å²) in [5.74, 6) is 2.08. The molecule has 1 fully saturated rings. The normalized spacial score (nSPS) is 28.1. The van der Waals surface area contributed by atoms with Crippen molar-refractivity contribution in [3.8, 4) is 0 Å². The van der Waals surface area contributed by atoms with Gasteiger partial charge in [-0.05, 0) is 41.6 Å². The molecule has 1 aromatic heterocycles. The standard InChI is InChI=1S/C13H20BrN3O/c1-9-4-3-5-13(18,7-9)8-15-12-6-11(14)16-10(2)17-12/h6,9,18H,3-5,7-8H2,1-2H3,(H,15,16,17). The second-order valence-corrected chi connectivity index (χ2v) is 6.22. The van der Waals surface area contributed by atoms with Gasteiger partial charge < -0.3 is 10.4 Å². The number of aromatic nitrogens is 2. The van der Waals surface area contributed by atoms with E-state index in [-0.39, 0.29) is 0 Å². The van der Waals surface area contributed by atoms with Crippen LogP contribution in [0.5, 0.6) is 0 Å². The Bertz CT molecular complexity index is 406. The third kappa shape index (κ3) is 3.65. The van der Waals surface area contributed by atoms with E-state index < -0.39 is 5.60 Å². The van der Waals surface area contributed by atoms with Crippen molar-refractivity contribution in [1.82, 2.24) is 9.97 Å². The quantitative estimate of drug-likeness (QED) is 0.842. The molecule has 0 radical (unpaired) electrons. The maximum atomic E-state index is 10.5. The van der Waals surface area contributed by atoms with Crippen LogP contribution in [0.25, 0.3) is 0 Å². The average molecular weight is 314 g/mol. The molecule has 2 unspecified atom stereocenters. The van der Waals surface area contributed by atoms with Gasteiger partial charge in [-0.3, -0.25) is 0 Å². The van der Waals surface area contributed by atoms with Gasteiger partial charge in [0.05, 0.1) is 5.60 Å². The summed E-state index contributed by atoms with van der Waals surface area (Å²) in [6.45, 7) is 4.61. The fraction of sp³-hybridized carbons (Fsp3) is 0.692. The molecular weight excluding hydrogens is 294 g/mol. The first-order chi connectivity index (χ1) is 8.47. The molecule has 0 amide bonds. The lowest BCUT2D eigenvalue weighted by atomic mass is 9.79. The molecule has 1 aromatic rings. The monoisotopic (exact) mass is 313 g/mol. The van der Waals surface area contributed by atoms with Crippen molar-refractivity contribution in [2.45, 2.75) is 45.1 Å². The molecule has 18 heavy (non-hydrogen) atoms. The second-order valence-electron chi connectivity index (χ2n) is 5.40. The maximum absolute atomic E-state index is 10.5. The lowest BCUT2D eigenvalue weighted by Gasteiger charge is -2.35. The van der Waals surface area contributed by atoms with Crippen LogP contribution in [0, 0.1) is 12.8 Å². The van der Waals surface area contributed by atoms with Gasteiger partial charge in [0, 0.05) is 12.6 Å². The van der Waals surface area contributed by atoms with E-state index in [1.54, 1.807) is 0 Å². The molecule has 0 aliphatic heterocycles. The maximum Gasteiger partial charge on any atom is 0.130 e. The number of aryl methyl sites for hydroxylation is 1. The highest BCUT2D eigenvalue weighted by molar-refractivity contribution is 9.10. The summed E-state index contributed by atoms with van der Waals surface area (Å²) < 4.78 is 0.765. The van der Waals surface area contributed by atoms with Crippen molar-refractivity contribution in [1.29, 1.82) is 0 Å². The first kappa shape index (κ1) is 13.7. The van der Waals surface area contributed by atoms with Gasteiger partial charge in [0.15, 0.2) is 0 Å². The molecule has 1 saturated carbocycles. The summed E-state index contributed by atoms with van der Waals surface area (Å²) >= 11 is 3.35. The van der Waals surface area contributed by atoms with Crippen molar-refractivity contribution >= 4 is 21.7 Å². The molecule has 1 heterocycles. The molecule has 4 nitrogen and oxygen atoms in total. The molecule has 0 spiro atoms. The van der Waals surface area contributed by atoms with Gasteiger partial charge in [0.1, 0.15) is 16.2 Å². The lowest BCUT2D eigenvalue weighted by molar-refractivity contribution is -0.000833. The highest BCUT2D eigenvalue weighted by atomic mass is 79.9. The van der Waals surface area contributed by atoms with Crippen molar-refractivity contribution in [3.05, 3.63) is 16.5 Å². The molecule has 100 valence electrons. The van der Waals surface area contributed by atoms with Crippen LogP contribution in [0.1, 0.15) is 38.4 Å². The summed E-state index contributed by atoms with van der Waals surface area (Å²) in [6.07, 6.45) is 4.06. The molecule has 5 heteroatoms. The zero-order valence-corrected chi connectivity index (χ0v) is 12.5. The summed E-state index contributed by atoms with van der Waals surface area (Å²) in [5, 5.41) is 13.7. The summed E-state index contributed by atoms with van der Waals surface area (Å²) in [5.41, 5.74) is -0.594. The molecule has 0 saturated heterocycles. The second kappa shape index (κ2) is 5.53. The van der Waals surface area contributed by atoms with Crippen LogP contribution in [-0.4, -0.2) is 27.2 Å². The topological polar surface area (TPSA) is 58.0 Å². The Morgan fingerprint density at radius 3 is 3.00 bits per heavy atom. The Kier molecular flexibility index (Phi) is 4.22. The van der Waals surface area contributed by atoms with Crippen molar-refractivity contribution in [3.63, 3.8) is 0 Å². The van der Waals surface area contributed by atoms with E-state index in [0.29, 0.717) is 12.5 Å². The van der Waals surface area contributed by atoms with Gasteiger partial charge in [-0.25, -0.2) is 9.97 Å². The highest BCUT2D eigenvalue weighted by Crippen LogP contribution is 2.32. The molecule has 1 aliphatic rings. The molecule has 1 aliphatic carbocycles. The van der Waals surface area contributed by atoms with Crippen LogP contribution in [-0.2, 0) is 0 Å². The predicted octanol–water partition coefficient (Wildman–Crippen LogP) is 2.90. The zero-order chi connectivity index (χ0) is 13.2. The van der Waals surface area contributed by atoms with E-state index in [1.807, 2.05) is 13.0 Å². The van der Waals surface area contributed by atoms with Gasteiger partial charge in [-0.2, -0.15) is 0 Å². The van der Waals surface area contributed by atoms with Gasteiger partial charge in [-0.1, -0.05) is 19.8 Å². The third-order valence-corrected chi connectivity index (χ3v) is 3.88. The Hall–Kier alpha value is -0.680. The van der Waals surface area contributed by atoms with Gasteiger partial charge >= 0.3 is 0 Å². The van der Waals surface area contributed by atoms with E-state index in [2.05, 4.69) is 38.1 Å². The van der Waals surface area contributed by atoms with E-state index >= 15 is 0 Å². The molecule has 0 aromatic carbocycles. The van der Waals surface area contributed by atoms with E-state index in [0.717, 1.165) is 35.5 Å². The Labute approximate surface area is 116 Å². The van der Waals surface area contributed by atoms with E-state index in [9.17, 15) is 5.11 Å². The first-order valence-electron chi connectivity index (χ1n) is 6.44. The van der Waals surface area contributed by atoms with Gasteiger partial charge in [-0.15, -0.1) is 0 Å². The van der Waals surface area contributed by atoms with E-state index in [4.69, 9.17) is 0 Å². The van der Waals surface area contributed by atoms with E-state index in [1.165, 1.54) is 6.42 Å². The summed E-state index contributed by atoms with van der Waals surface area (Å²) in [4.78, 5) is 8.47.